The molecule has 0 unspecified atom stereocenters. The number of carbonyl (C=O) groups is 1. The van der Waals surface area contributed by atoms with Crippen LogP contribution in [-0.2, 0) is 22.7 Å². The number of hydrogen-bond acceptors (Lipinski definition) is 5. The van der Waals surface area contributed by atoms with Crippen molar-refractivity contribution in [3.8, 4) is 5.75 Å². The second-order valence-electron chi connectivity index (χ2n) is 7.37. The van der Waals surface area contributed by atoms with E-state index in [1.165, 1.54) is 11.3 Å². The summed E-state index contributed by atoms with van der Waals surface area (Å²) in [6.45, 7) is 1.92. The first kappa shape index (κ1) is 20.6. The van der Waals surface area contributed by atoms with Crippen LogP contribution in [0.4, 0.5) is 5.00 Å². The molecule has 1 amide bonds. The fraction of sp³-hybridized carbons (Fsp3) is 0.261. The molecule has 5 nitrogen and oxygen atoms in total. The molecule has 7 heteroatoms. The Hall–Kier alpha value is -2.64. The molecule has 1 aliphatic carbocycles. The van der Waals surface area contributed by atoms with Gasteiger partial charge in [-0.3, -0.25) is 4.79 Å². The molecule has 0 saturated heterocycles. The van der Waals surface area contributed by atoms with Gasteiger partial charge in [-0.1, -0.05) is 17.7 Å². The zero-order valence-electron chi connectivity index (χ0n) is 16.9. The first-order valence-corrected chi connectivity index (χ1v) is 12.1. The van der Waals surface area contributed by atoms with Crippen LogP contribution in [0.2, 0.25) is 0 Å². The topological polar surface area (TPSA) is 72.5 Å². The molecule has 0 fully saturated rings. The third kappa shape index (κ3) is 3.87. The van der Waals surface area contributed by atoms with Gasteiger partial charge < -0.3 is 10.1 Å². The molecule has 0 atom stereocenters. The van der Waals surface area contributed by atoms with Gasteiger partial charge in [0.2, 0.25) is 9.84 Å². The average Bonchev–Trinajstić information content (AvgIpc) is 3.12. The normalized spacial score (nSPS) is 13.5. The summed E-state index contributed by atoms with van der Waals surface area (Å²) in [4.78, 5) is 14.4. The van der Waals surface area contributed by atoms with Crippen molar-refractivity contribution in [1.29, 1.82) is 0 Å². The highest BCUT2D eigenvalue weighted by atomic mass is 32.2. The van der Waals surface area contributed by atoms with Crippen LogP contribution < -0.4 is 10.1 Å². The van der Waals surface area contributed by atoms with Crippen molar-refractivity contribution in [2.45, 2.75) is 42.4 Å². The van der Waals surface area contributed by atoms with Gasteiger partial charge in [-0.05, 0) is 74.6 Å². The van der Waals surface area contributed by atoms with Gasteiger partial charge in [0.15, 0.2) is 0 Å². The number of benzene rings is 2. The number of aryl methyl sites for hydroxylation is 2. The maximum atomic E-state index is 13.5. The van der Waals surface area contributed by atoms with Crippen molar-refractivity contribution in [3.63, 3.8) is 0 Å². The van der Waals surface area contributed by atoms with E-state index in [2.05, 4.69) is 5.32 Å². The van der Waals surface area contributed by atoms with E-state index in [0.717, 1.165) is 35.3 Å². The van der Waals surface area contributed by atoms with Gasteiger partial charge in [-0.25, -0.2) is 8.42 Å². The Morgan fingerprint density at radius 3 is 2.33 bits per heavy atom. The largest absolute Gasteiger partial charge is 0.497 e. The Balaban J connectivity index is 1.75. The molecule has 30 heavy (non-hydrogen) atoms. The second-order valence-corrected chi connectivity index (χ2v) is 10.4. The minimum absolute atomic E-state index is 0.249. The summed E-state index contributed by atoms with van der Waals surface area (Å²) in [7, 11) is -2.18. The van der Waals surface area contributed by atoms with Crippen molar-refractivity contribution in [3.05, 3.63) is 70.1 Å². The van der Waals surface area contributed by atoms with Crippen LogP contribution in [0.1, 0.15) is 39.2 Å². The van der Waals surface area contributed by atoms with E-state index in [0.29, 0.717) is 22.7 Å². The molecule has 4 rings (SSSR count). The standard InChI is InChI=1S/C23H23NO4S2/c1-15-7-13-18(14-8-15)30(26,27)21-19-5-3-4-6-20(19)29-23(21)24-22(25)16-9-11-17(28-2)12-10-16/h7-14H,3-6H2,1-2H3,(H,24,25). The molecule has 1 N–H and O–H groups in total. The number of amides is 1. The smallest absolute Gasteiger partial charge is 0.256 e. The van der Waals surface area contributed by atoms with Crippen LogP contribution in [0, 0.1) is 6.92 Å². The highest BCUT2D eigenvalue weighted by molar-refractivity contribution is 7.92. The Kier molecular flexibility index (Phi) is 5.66. The molecule has 3 aromatic rings. The van der Waals surface area contributed by atoms with Gasteiger partial charge in [0, 0.05) is 10.4 Å². The summed E-state index contributed by atoms with van der Waals surface area (Å²) in [6, 6.07) is 13.6. The molecule has 1 aromatic heterocycles. The molecule has 0 radical (unpaired) electrons. The lowest BCUT2D eigenvalue weighted by Crippen LogP contribution is -2.14. The van der Waals surface area contributed by atoms with Gasteiger partial charge in [0.25, 0.3) is 5.91 Å². The average molecular weight is 442 g/mol. The van der Waals surface area contributed by atoms with E-state index in [1.807, 2.05) is 6.92 Å². The number of methoxy groups -OCH3 is 1. The minimum Gasteiger partial charge on any atom is -0.497 e. The molecule has 1 aliphatic rings. The maximum Gasteiger partial charge on any atom is 0.256 e. The first-order valence-electron chi connectivity index (χ1n) is 9.82. The van der Waals surface area contributed by atoms with Crippen LogP contribution >= 0.6 is 11.3 Å². The van der Waals surface area contributed by atoms with Crippen molar-refractivity contribution < 1.29 is 17.9 Å². The Bertz CT molecular complexity index is 1180. The van der Waals surface area contributed by atoms with Crippen molar-refractivity contribution >= 4 is 32.1 Å². The summed E-state index contributed by atoms with van der Waals surface area (Å²) >= 11 is 1.38. The number of carbonyl (C=O) groups excluding carboxylic acids is 1. The molecule has 156 valence electrons. The molecule has 0 spiro atoms. The van der Waals surface area contributed by atoms with Crippen molar-refractivity contribution in [2.75, 3.05) is 12.4 Å². The number of nitrogens with one attached hydrogen (secondary N) is 1. The Morgan fingerprint density at radius 1 is 1.00 bits per heavy atom. The summed E-state index contributed by atoms with van der Waals surface area (Å²) in [5.74, 6) is 0.317. The molecular formula is C23H23NO4S2. The molecule has 1 heterocycles. The van der Waals surface area contributed by atoms with Crippen LogP contribution in [0.5, 0.6) is 5.75 Å². The first-order chi connectivity index (χ1) is 14.4. The van der Waals surface area contributed by atoms with Gasteiger partial charge in [-0.2, -0.15) is 0 Å². The summed E-state index contributed by atoms with van der Waals surface area (Å²) in [6.07, 6.45) is 3.54. The number of hydrogen-bond donors (Lipinski definition) is 1. The van der Waals surface area contributed by atoms with Gasteiger partial charge >= 0.3 is 0 Å². The van der Waals surface area contributed by atoms with E-state index in [1.54, 1.807) is 55.6 Å². The molecule has 0 bridgehead atoms. The SMILES string of the molecule is COc1ccc(C(=O)Nc2sc3c(c2S(=O)(=O)c2ccc(C)cc2)CCCC3)cc1. The number of sulfone groups is 1. The Labute approximate surface area is 180 Å². The molecule has 0 saturated carbocycles. The van der Waals surface area contributed by atoms with E-state index in [-0.39, 0.29) is 15.7 Å². The fourth-order valence-electron chi connectivity index (χ4n) is 3.66. The number of ether oxygens (including phenoxy) is 1. The van der Waals surface area contributed by atoms with Crippen molar-refractivity contribution in [1.82, 2.24) is 0 Å². The molecule has 0 aliphatic heterocycles. The van der Waals surface area contributed by atoms with E-state index < -0.39 is 9.84 Å². The third-order valence-electron chi connectivity index (χ3n) is 5.30. The summed E-state index contributed by atoms with van der Waals surface area (Å²) < 4.78 is 32.2. The lowest BCUT2D eigenvalue weighted by Gasteiger charge is -2.14. The number of thiophene rings is 1. The van der Waals surface area contributed by atoms with Gasteiger partial charge in [0.1, 0.15) is 15.6 Å². The number of rotatable bonds is 5. The van der Waals surface area contributed by atoms with Crippen LogP contribution in [0.25, 0.3) is 0 Å². The van der Waals surface area contributed by atoms with Gasteiger partial charge in [0.05, 0.1) is 12.0 Å². The van der Waals surface area contributed by atoms with Crippen LogP contribution in [0.3, 0.4) is 0 Å². The summed E-state index contributed by atoms with van der Waals surface area (Å²) in [5.41, 5.74) is 2.30. The van der Waals surface area contributed by atoms with Crippen molar-refractivity contribution in [2.24, 2.45) is 0 Å². The number of anilines is 1. The van der Waals surface area contributed by atoms with E-state index >= 15 is 0 Å². The quantitative estimate of drug-likeness (QED) is 0.603. The summed E-state index contributed by atoms with van der Waals surface area (Å²) in [5, 5.41) is 3.27. The minimum atomic E-state index is -3.75. The zero-order chi connectivity index (χ0) is 21.3. The highest BCUT2D eigenvalue weighted by Crippen LogP contribution is 2.43. The predicted molar refractivity (Wildman–Crippen MR) is 119 cm³/mol. The molecular weight excluding hydrogens is 418 g/mol. The second kappa shape index (κ2) is 8.24. The monoisotopic (exact) mass is 441 g/mol. The lowest BCUT2D eigenvalue weighted by molar-refractivity contribution is 0.102. The maximum absolute atomic E-state index is 13.5. The number of fused-ring (bicyclic) bond motifs is 1. The fourth-order valence-corrected chi connectivity index (χ4v) is 6.93. The molecule has 2 aromatic carbocycles. The van der Waals surface area contributed by atoms with Crippen LogP contribution in [-0.4, -0.2) is 21.4 Å². The van der Waals surface area contributed by atoms with E-state index in [9.17, 15) is 13.2 Å². The zero-order valence-corrected chi connectivity index (χ0v) is 18.5. The third-order valence-corrected chi connectivity index (χ3v) is 8.52. The predicted octanol–water partition coefficient (Wildman–Crippen LogP) is 5.03. The van der Waals surface area contributed by atoms with Crippen LogP contribution in [0.15, 0.2) is 58.3 Å². The van der Waals surface area contributed by atoms with E-state index in [4.69, 9.17) is 4.74 Å². The highest BCUT2D eigenvalue weighted by Gasteiger charge is 2.31. The van der Waals surface area contributed by atoms with Gasteiger partial charge in [-0.15, -0.1) is 11.3 Å². The lowest BCUT2D eigenvalue weighted by atomic mass is 9.99. The Morgan fingerprint density at radius 2 is 1.67 bits per heavy atom.